The summed E-state index contributed by atoms with van der Waals surface area (Å²) in [4.78, 5) is 23.6. The number of carboxylic acid groups (broad SMARTS) is 1. The molecule has 1 aromatic rings. The van der Waals surface area contributed by atoms with Crippen molar-refractivity contribution in [2.24, 2.45) is 5.92 Å². The van der Waals surface area contributed by atoms with Crippen LogP contribution in [0.5, 0.6) is 0 Å². The fourth-order valence-electron chi connectivity index (χ4n) is 1.28. The Bertz CT molecular complexity index is 378. The molecular weight excluding hydrogens is 240 g/mol. The smallest absolute Gasteiger partial charge is 0.317 e. The van der Waals surface area contributed by atoms with Gasteiger partial charge in [0, 0.05) is 20.1 Å². The second-order valence-electron chi connectivity index (χ2n) is 3.91. The standard InChI is InChI=1S/C11H16N2O3S/c1-8(10(14)15)6-13(2)11(16)12-5-9-3-4-17-7-9/h3-4,7-8H,5-6H2,1-2H3,(H,12,16)(H,14,15). The summed E-state index contributed by atoms with van der Waals surface area (Å²) in [7, 11) is 1.59. The van der Waals surface area contributed by atoms with Gasteiger partial charge in [0.15, 0.2) is 0 Å². The van der Waals surface area contributed by atoms with E-state index in [9.17, 15) is 9.59 Å². The Morgan fingerprint density at radius 2 is 2.29 bits per heavy atom. The molecular formula is C11H16N2O3S. The van der Waals surface area contributed by atoms with Crippen LogP contribution in [0.1, 0.15) is 12.5 Å². The molecule has 0 aliphatic carbocycles. The Labute approximate surface area is 104 Å². The number of thiophene rings is 1. The molecule has 1 aromatic heterocycles. The van der Waals surface area contributed by atoms with Crippen LogP contribution in [0.4, 0.5) is 4.79 Å². The Balaban J connectivity index is 2.34. The summed E-state index contributed by atoms with van der Waals surface area (Å²) >= 11 is 1.57. The van der Waals surface area contributed by atoms with Crippen molar-refractivity contribution in [1.82, 2.24) is 10.2 Å². The molecule has 1 unspecified atom stereocenters. The molecule has 0 aromatic carbocycles. The molecule has 2 amide bonds. The molecule has 5 nitrogen and oxygen atoms in total. The first kappa shape index (κ1) is 13.5. The lowest BCUT2D eigenvalue weighted by molar-refractivity contribution is -0.141. The number of nitrogens with zero attached hydrogens (tertiary/aromatic N) is 1. The average molecular weight is 256 g/mol. The van der Waals surface area contributed by atoms with Crippen molar-refractivity contribution >= 4 is 23.3 Å². The number of amides is 2. The van der Waals surface area contributed by atoms with Crippen molar-refractivity contribution in [2.45, 2.75) is 13.5 Å². The normalized spacial score (nSPS) is 11.9. The molecule has 0 radical (unpaired) electrons. The molecule has 6 heteroatoms. The van der Waals surface area contributed by atoms with Gasteiger partial charge in [-0.15, -0.1) is 0 Å². The van der Waals surface area contributed by atoms with E-state index in [2.05, 4.69) is 5.32 Å². The number of carbonyl (C=O) groups excluding carboxylic acids is 1. The molecule has 1 atom stereocenters. The van der Waals surface area contributed by atoms with Gasteiger partial charge in [-0.05, 0) is 22.4 Å². The number of nitrogens with one attached hydrogen (secondary N) is 1. The molecule has 0 spiro atoms. The summed E-state index contributed by atoms with van der Waals surface area (Å²) < 4.78 is 0. The van der Waals surface area contributed by atoms with E-state index in [0.717, 1.165) is 5.56 Å². The van der Waals surface area contributed by atoms with E-state index in [0.29, 0.717) is 6.54 Å². The lowest BCUT2D eigenvalue weighted by atomic mass is 10.2. The maximum atomic E-state index is 11.6. The number of carboxylic acids is 1. The van der Waals surface area contributed by atoms with Crippen LogP contribution >= 0.6 is 11.3 Å². The van der Waals surface area contributed by atoms with Gasteiger partial charge in [0.05, 0.1) is 5.92 Å². The van der Waals surface area contributed by atoms with Gasteiger partial charge in [-0.3, -0.25) is 4.79 Å². The maximum absolute atomic E-state index is 11.6. The second kappa shape index (κ2) is 6.24. The van der Waals surface area contributed by atoms with Crippen molar-refractivity contribution in [3.63, 3.8) is 0 Å². The van der Waals surface area contributed by atoms with E-state index in [4.69, 9.17) is 5.11 Å². The van der Waals surface area contributed by atoms with Gasteiger partial charge >= 0.3 is 12.0 Å². The molecule has 0 aliphatic heterocycles. The van der Waals surface area contributed by atoms with E-state index < -0.39 is 11.9 Å². The Morgan fingerprint density at radius 1 is 1.59 bits per heavy atom. The molecule has 17 heavy (non-hydrogen) atoms. The fourth-order valence-corrected chi connectivity index (χ4v) is 1.95. The summed E-state index contributed by atoms with van der Waals surface area (Å²) in [5.41, 5.74) is 1.04. The third-order valence-corrected chi connectivity index (χ3v) is 3.07. The Hall–Kier alpha value is -1.56. The minimum absolute atomic E-state index is 0.199. The highest BCUT2D eigenvalue weighted by atomic mass is 32.1. The lowest BCUT2D eigenvalue weighted by Gasteiger charge is -2.19. The van der Waals surface area contributed by atoms with Crippen LogP contribution in [-0.2, 0) is 11.3 Å². The van der Waals surface area contributed by atoms with Crippen LogP contribution in [0.25, 0.3) is 0 Å². The topological polar surface area (TPSA) is 69.6 Å². The number of rotatable bonds is 5. The number of urea groups is 1. The Morgan fingerprint density at radius 3 is 2.82 bits per heavy atom. The van der Waals surface area contributed by atoms with Crippen LogP contribution in [0.15, 0.2) is 16.8 Å². The van der Waals surface area contributed by atoms with Gasteiger partial charge < -0.3 is 15.3 Å². The maximum Gasteiger partial charge on any atom is 0.317 e. The highest BCUT2D eigenvalue weighted by Crippen LogP contribution is 2.05. The largest absolute Gasteiger partial charge is 0.481 e. The molecule has 0 fully saturated rings. The third kappa shape index (κ3) is 4.44. The van der Waals surface area contributed by atoms with Gasteiger partial charge in [-0.25, -0.2) is 4.79 Å². The highest BCUT2D eigenvalue weighted by Gasteiger charge is 2.16. The summed E-state index contributed by atoms with van der Waals surface area (Å²) in [5.74, 6) is -1.46. The number of aliphatic carboxylic acids is 1. The number of hydrogen-bond donors (Lipinski definition) is 2. The van der Waals surface area contributed by atoms with E-state index in [1.807, 2.05) is 16.8 Å². The summed E-state index contributed by atoms with van der Waals surface area (Å²) in [6.07, 6.45) is 0. The Kier molecular flexibility index (Phi) is 4.96. The van der Waals surface area contributed by atoms with E-state index in [1.54, 1.807) is 25.3 Å². The van der Waals surface area contributed by atoms with Crippen LogP contribution < -0.4 is 5.32 Å². The van der Waals surface area contributed by atoms with Crippen LogP contribution in [0, 0.1) is 5.92 Å². The van der Waals surface area contributed by atoms with E-state index in [1.165, 1.54) is 4.90 Å². The van der Waals surface area contributed by atoms with Crippen LogP contribution in [0.3, 0.4) is 0 Å². The van der Waals surface area contributed by atoms with Crippen molar-refractivity contribution in [1.29, 1.82) is 0 Å². The monoisotopic (exact) mass is 256 g/mol. The van der Waals surface area contributed by atoms with Gasteiger partial charge in [0.25, 0.3) is 0 Å². The molecule has 1 heterocycles. The minimum Gasteiger partial charge on any atom is -0.481 e. The molecule has 0 bridgehead atoms. The zero-order valence-corrected chi connectivity index (χ0v) is 10.7. The predicted octanol–water partition coefficient (Wildman–Crippen LogP) is 1.61. The van der Waals surface area contributed by atoms with Crippen molar-refractivity contribution in [3.8, 4) is 0 Å². The van der Waals surface area contributed by atoms with Gasteiger partial charge in [0.2, 0.25) is 0 Å². The molecule has 0 saturated carbocycles. The van der Waals surface area contributed by atoms with Gasteiger partial charge in [-0.2, -0.15) is 11.3 Å². The van der Waals surface area contributed by atoms with E-state index >= 15 is 0 Å². The quantitative estimate of drug-likeness (QED) is 0.841. The van der Waals surface area contributed by atoms with Crippen LogP contribution in [0.2, 0.25) is 0 Å². The minimum atomic E-state index is -0.900. The first-order valence-corrected chi connectivity index (χ1v) is 6.18. The van der Waals surface area contributed by atoms with E-state index in [-0.39, 0.29) is 12.6 Å². The van der Waals surface area contributed by atoms with Crippen molar-refractivity contribution in [2.75, 3.05) is 13.6 Å². The predicted molar refractivity (Wildman–Crippen MR) is 66.0 cm³/mol. The van der Waals surface area contributed by atoms with Crippen molar-refractivity contribution < 1.29 is 14.7 Å². The lowest BCUT2D eigenvalue weighted by Crippen LogP contribution is -2.40. The molecule has 2 N–H and O–H groups in total. The highest BCUT2D eigenvalue weighted by molar-refractivity contribution is 7.07. The van der Waals surface area contributed by atoms with Crippen molar-refractivity contribution in [3.05, 3.63) is 22.4 Å². The second-order valence-corrected chi connectivity index (χ2v) is 4.69. The zero-order chi connectivity index (χ0) is 12.8. The third-order valence-electron chi connectivity index (χ3n) is 2.34. The average Bonchev–Trinajstić information content (AvgIpc) is 2.78. The summed E-state index contributed by atoms with van der Waals surface area (Å²) in [5, 5.41) is 15.4. The van der Waals surface area contributed by atoms with Crippen LogP contribution in [-0.4, -0.2) is 35.6 Å². The fraction of sp³-hybridized carbons (Fsp3) is 0.455. The summed E-state index contributed by atoms with van der Waals surface area (Å²) in [6, 6.07) is 1.68. The van der Waals surface area contributed by atoms with Gasteiger partial charge in [0.1, 0.15) is 0 Å². The first-order chi connectivity index (χ1) is 8.00. The first-order valence-electron chi connectivity index (χ1n) is 5.23. The van der Waals surface area contributed by atoms with Gasteiger partial charge in [-0.1, -0.05) is 6.92 Å². The summed E-state index contributed by atoms with van der Waals surface area (Å²) in [6.45, 7) is 2.24. The zero-order valence-electron chi connectivity index (χ0n) is 9.84. The molecule has 94 valence electrons. The molecule has 0 saturated heterocycles. The number of hydrogen-bond acceptors (Lipinski definition) is 3. The SMILES string of the molecule is CC(CN(C)C(=O)NCc1ccsc1)C(=O)O. The molecule has 1 rings (SSSR count). The number of carbonyl (C=O) groups is 2. The molecule has 0 aliphatic rings.